The van der Waals surface area contributed by atoms with Crippen LogP contribution in [0.2, 0.25) is 0 Å². The van der Waals surface area contributed by atoms with Crippen molar-refractivity contribution >= 4 is 15.9 Å². The first-order valence-electron chi connectivity index (χ1n) is 10.5. The average Bonchev–Trinajstić information content (AvgIpc) is 2.74. The molecule has 0 bridgehead atoms. The summed E-state index contributed by atoms with van der Waals surface area (Å²) in [5, 5.41) is 2.81. The number of ether oxygens (including phenoxy) is 2. The molecule has 2 aromatic rings. The Bertz CT molecular complexity index is 899. The van der Waals surface area contributed by atoms with E-state index in [1.54, 1.807) is 12.1 Å². The predicted octanol–water partition coefficient (Wildman–Crippen LogP) is 2.91. The van der Waals surface area contributed by atoms with Crippen LogP contribution in [-0.2, 0) is 26.0 Å². The maximum Gasteiger partial charge on any atom is 0.241 e. The topological polar surface area (TPSA) is 93.7 Å². The standard InChI is InChI=1S/C23H32N2O5S/c1-4-29-20-11-13-21(14-12-20)31(27,28)25-22(17-19-9-6-5-7-10-19)23(26)24-15-8-16-30-18(2)3/h5-7,9-14,18,22,25H,4,8,15-17H2,1-3H3,(H,24,26)/t22-/m1/s1. The van der Waals surface area contributed by atoms with Crippen molar-refractivity contribution in [3.8, 4) is 5.75 Å². The minimum atomic E-state index is -3.89. The van der Waals surface area contributed by atoms with E-state index in [4.69, 9.17) is 9.47 Å². The van der Waals surface area contributed by atoms with Gasteiger partial charge in [0.25, 0.3) is 0 Å². The van der Waals surface area contributed by atoms with Crippen LogP contribution in [-0.4, -0.2) is 46.2 Å². The number of amides is 1. The molecule has 0 heterocycles. The zero-order valence-corrected chi connectivity index (χ0v) is 19.2. The molecule has 0 spiro atoms. The van der Waals surface area contributed by atoms with E-state index in [1.165, 1.54) is 12.1 Å². The molecule has 0 aliphatic carbocycles. The number of sulfonamides is 1. The summed E-state index contributed by atoms with van der Waals surface area (Å²) < 4.78 is 39.2. The maximum atomic E-state index is 12.9. The van der Waals surface area contributed by atoms with Crippen LogP contribution in [0.3, 0.4) is 0 Å². The van der Waals surface area contributed by atoms with Gasteiger partial charge in [0.15, 0.2) is 0 Å². The monoisotopic (exact) mass is 448 g/mol. The largest absolute Gasteiger partial charge is 0.494 e. The maximum absolute atomic E-state index is 12.9. The van der Waals surface area contributed by atoms with E-state index < -0.39 is 16.1 Å². The summed E-state index contributed by atoms with van der Waals surface area (Å²) in [7, 11) is -3.89. The van der Waals surface area contributed by atoms with Crippen LogP contribution in [0.15, 0.2) is 59.5 Å². The lowest BCUT2D eigenvalue weighted by Crippen LogP contribution is -2.48. The number of hydrogen-bond acceptors (Lipinski definition) is 5. The van der Waals surface area contributed by atoms with Gasteiger partial charge < -0.3 is 14.8 Å². The molecular formula is C23H32N2O5S. The van der Waals surface area contributed by atoms with Crippen molar-refractivity contribution in [2.75, 3.05) is 19.8 Å². The zero-order chi connectivity index (χ0) is 22.7. The summed E-state index contributed by atoms with van der Waals surface area (Å²) in [6.07, 6.45) is 1.02. The summed E-state index contributed by atoms with van der Waals surface area (Å²) >= 11 is 0. The number of carbonyl (C=O) groups is 1. The van der Waals surface area contributed by atoms with Crippen molar-refractivity contribution in [3.63, 3.8) is 0 Å². The predicted molar refractivity (Wildman–Crippen MR) is 121 cm³/mol. The Labute approximate surface area is 185 Å². The normalized spacial score (nSPS) is 12.5. The van der Waals surface area contributed by atoms with Crippen LogP contribution in [0.25, 0.3) is 0 Å². The van der Waals surface area contributed by atoms with Crippen molar-refractivity contribution in [1.82, 2.24) is 10.0 Å². The molecular weight excluding hydrogens is 416 g/mol. The van der Waals surface area contributed by atoms with Gasteiger partial charge in [-0.2, -0.15) is 4.72 Å². The van der Waals surface area contributed by atoms with Crippen molar-refractivity contribution in [2.45, 2.75) is 50.7 Å². The third-order valence-corrected chi connectivity index (χ3v) is 5.90. The van der Waals surface area contributed by atoms with Crippen LogP contribution in [0, 0.1) is 0 Å². The molecule has 7 nitrogen and oxygen atoms in total. The zero-order valence-electron chi connectivity index (χ0n) is 18.3. The Morgan fingerprint density at radius 2 is 1.71 bits per heavy atom. The second-order valence-electron chi connectivity index (χ2n) is 7.33. The Kier molecular flexibility index (Phi) is 9.97. The highest BCUT2D eigenvalue weighted by Gasteiger charge is 2.26. The Morgan fingerprint density at radius 3 is 2.32 bits per heavy atom. The fourth-order valence-electron chi connectivity index (χ4n) is 2.90. The first-order valence-corrected chi connectivity index (χ1v) is 12.0. The molecule has 8 heteroatoms. The van der Waals surface area contributed by atoms with E-state index in [9.17, 15) is 13.2 Å². The van der Waals surface area contributed by atoms with Crippen LogP contribution >= 0.6 is 0 Å². The van der Waals surface area contributed by atoms with Crippen LogP contribution in [0.5, 0.6) is 5.75 Å². The quantitative estimate of drug-likeness (QED) is 0.460. The van der Waals surface area contributed by atoms with Gasteiger partial charge in [-0.3, -0.25) is 4.79 Å². The van der Waals surface area contributed by atoms with Gasteiger partial charge in [-0.15, -0.1) is 0 Å². The second-order valence-corrected chi connectivity index (χ2v) is 9.05. The van der Waals surface area contributed by atoms with Gasteiger partial charge in [0.1, 0.15) is 11.8 Å². The van der Waals surface area contributed by atoms with Crippen LogP contribution < -0.4 is 14.8 Å². The molecule has 0 saturated heterocycles. The molecule has 2 N–H and O–H groups in total. The first kappa shape index (κ1) is 24.8. The molecule has 0 radical (unpaired) electrons. The van der Waals surface area contributed by atoms with Gasteiger partial charge in [-0.1, -0.05) is 30.3 Å². The van der Waals surface area contributed by atoms with E-state index in [-0.39, 0.29) is 23.3 Å². The average molecular weight is 449 g/mol. The number of benzene rings is 2. The highest BCUT2D eigenvalue weighted by atomic mass is 32.2. The first-order chi connectivity index (χ1) is 14.8. The fourth-order valence-corrected chi connectivity index (χ4v) is 4.10. The molecule has 1 atom stereocenters. The Hall–Kier alpha value is -2.42. The van der Waals surface area contributed by atoms with Crippen LogP contribution in [0.4, 0.5) is 0 Å². The molecule has 170 valence electrons. The fraction of sp³-hybridized carbons (Fsp3) is 0.435. The molecule has 31 heavy (non-hydrogen) atoms. The lowest BCUT2D eigenvalue weighted by atomic mass is 10.1. The van der Waals surface area contributed by atoms with E-state index in [1.807, 2.05) is 51.1 Å². The third-order valence-electron chi connectivity index (χ3n) is 4.41. The Morgan fingerprint density at radius 1 is 1.03 bits per heavy atom. The van der Waals surface area contributed by atoms with Crippen molar-refractivity contribution in [1.29, 1.82) is 0 Å². The molecule has 2 rings (SSSR count). The molecule has 0 aliphatic rings. The number of hydrogen-bond donors (Lipinski definition) is 2. The van der Waals surface area contributed by atoms with Crippen molar-refractivity contribution < 1.29 is 22.7 Å². The molecule has 0 aromatic heterocycles. The van der Waals surface area contributed by atoms with Gasteiger partial charge >= 0.3 is 0 Å². The summed E-state index contributed by atoms with van der Waals surface area (Å²) in [6, 6.07) is 14.5. The highest BCUT2D eigenvalue weighted by Crippen LogP contribution is 2.17. The SMILES string of the molecule is CCOc1ccc(S(=O)(=O)N[C@H](Cc2ccccc2)C(=O)NCCCOC(C)C)cc1. The molecule has 0 aliphatic heterocycles. The molecule has 0 fully saturated rings. The van der Waals surface area contributed by atoms with Gasteiger partial charge in [0.05, 0.1) is 17.6 Å². The van der Waals surface area contributed by atoms with E-state index in [0.717, 1.165) is 5.56 Å². The molecule has 0 saturated carbocycles. The van der Waals surface area contributed by atoms with Crippen molar-refractivity contribution in [3.05, 3.63) is 60.2 Å². The summed E-state index contributed by atoms with van der Waals surface area (Å²) in [5.74, 6) is 0.214. The van der Waals surface area contributed by atoms with E-state index >= 15 is 0 Å². The van der Waals surface area contributed by atoms with Crippen molar-refractivity contribution in [2.24, 2.45) is 0 Å². The lowest BCUT2D eigenvalue weighted by Gasteiger charge is -2.19. The van der Waals surface area contributed by atoms with Gasteiger partial charge in [-0.05, 0) is 63.4 Å². The molecule has 1 amide bonds. The van der Waals surface area contributed by atoms with Gasteiger partial charge in [0.2, 0.25) is 15.9 Å². The van der Waals surface area contributed by atoms with Crippen LogP contribution in [0.1, 0.15) is 32.8 Å². The second kappa shape index (κ2) is 12.4. The molecule has 0 unspecified atom stereocenters. The smallest absolute Gasteiger partial charge is 0.241 e. The highest BCUT2D eigenvalue weighted by molar-refractivity contribution is 7.89. The van der Waals surface area contributed by atoms with Gasteiger partial charge in [0, 0.05) is 13.2 Å². The third kappa shape index (κ3) is 8.69. The van der Waals surface area contributed by atoms with E-state index in [0.29, 0.717) is 31.9 Å². The number of rotatable bonds is 13. The summed E-state index contributed by atoms with van der Waals surface area (Å²) in [6.45, 7) is 7.18. The van der Waals surface area contributed by atoms with Gasteiger partial charge in [-0.25, -0.2) is 8.42 Å². The Balaban J connectivity index is 2.08. The summed E-state index contributed by atoms with van der Waals surface area (Å²) in [4.78, 5) is 12.9. The minimum Gasteiger partial charge on any atom is -0.494 e. The molecule has 2 aromatic carbocycles. The summed E-state index contributed by atoms with van der Waals surface area (Å²) in [5.41, 5.74) is 0.861. The lowest BCUT2D eigenvalue weighted by molar-refractivity contribution is -0.122. The van der Waals surface area contributed by atoms with E-state index in [2.05, 4.69) is 10.0 Å². The minimum absolute atomic E-state index is 0.0761. The number of carbonyl (C=O) groups excluding carboxylic acids is 1. The number of nitrogens with one attached hydrogen (secondary N) is 2.